The molecule has 0 aromatic heterocycles. The number of aliphatic hydroxyl groups excluding tert-OH is 2. The molecule has 0 aliphatic rings. The van der Waals surface area contributed by atoms with Crippen LogP contribution >= 0.6 is 12.4 Å². The minimum atomic E-state index is -0.945. The van der Waals surface area contributed by atoms with Crippen molar-refractivity contribution in [3.8, 4) is 0 Å². The minimum absolute atomic E-state index is 0. The second kappa shape index (κ2) is 8.26. The van der Waals surface area contributed by atoms with E-state index in [1.807, 2.05) is 0 Å². The zero-order chi connectivity index (χ0) is 16.1. The molecular weight excluding hydrogens is 296 g/mol. The lowest BCUT2D eigenvalue weighted by atomic mass is 10.0. The Labute approximate surface area is 131 Å². The summed E-state index contributed by atoms with van der Waals surface area (Å²) in [4.78, 5) is 0. The van der Waals surface area contributed by atoms with E-state index in [1.54, 1.807) is 27.7 Å². The minimum Gasteiger partial charge on any atom is -0.374 e. The van der Waals surface area contributed by atoms with E-state index in [0.717, 1.165) is 0 Å². The van der Waals surface area contributed by atoms with Crippen LogP contribution in [0, 0.1) is 10.8 Å². The smallest absolute Gasteiger partial charge is 0.132 e. The molecule has 0 rings (SSSR count). The van der Waals surface area contributed by atoms with E-state index in [1.165, 1.54) is 13.8 Å². The molecule has 0 aliphatic carbocycles. The van der Waals surface area contributed by atoms with Gasteiger partial charge in [0.25, 0.3) is 0 Å². The average Bonchev–Trinajstić information content (AvgIpc) is 2.24. The number of azo groups is 1. The first-order valence-electron chi connectivity index (χ1n) is 6.40. The van der Waals surface area contributed by atoms with Crippen molar-refractivity contribution >= 4 is 24.1 Å². The molecule has 124 valence electrons. The van der Waals surface area contributed by atoms with Gasteiger partial charge in [-0.2, -0.15) is 10.2 Å². The Morgan fingerprint density at radius 1 is 0.857 bits per heavy atom. The zero-order valence-corrected chi connectivity index (χ0v) is 14.2. The van der Waals surface area contributed by atoms with Crippen LogP contribution < -0.4 is 10.6 Å². The second-order valence-corrected chi connectivity index (χ2v) is 5.71. The molecule has 0 aliphatic heterocycles. The molecule has 2 atom stereocenters. The summed E-state index contributed by atoms with van der Waals surface area (Å²) in [7, 11) is 0. The van der Waals surface area contributed by atoms with Gasteiger partial charge in [-0.25, -0.2) is 0 Å². The van der Waals surface area contributed by atoms with Crippen molar-refractivity contribution in [3.63, 3.8) is 0 Å². The van der Waals surface area contributed by atoms with Crippen LogP contribution in [0.4, 0.5) is 0 Å². The highest BCUT2D eigenvalue weighted by Crippen LogP contribution is 2.17. The summed E-state index contributed by atoms with van der Waals surface area (Å²) in [6.45, 7) is 9.72. The van der Waals surface area contributed by atoms with E-state index in [-0.39, 0.29) is 24.1 Å². The molecule has 0 spiro atoms. The predicted molar refractivity (Wildman–Crippen MR) is 85.3 cm³/mol. The molecule has 2 unspecified atom stereocenters. The summed E-state index contributed by atoms with van der Waals surface area (Å²) < 4.78 is 0. The summed E-state index contributed by atoms with van der Waals surface area (Å²) >= 11 is 0. The highest BCUT2D eigenvalue weighted by molar-refractivity contribution is 5.89. The lowest BCUT2D eigenvalue weighted by Crippen LogP contribution is -2.46. The lowest BCUT2D eigenvalue weighted by molar-refractivity contribution is 0.176. The van der Waals surface area contributed by atoms with Crippen molar-refractivity contribution in [2.45, 2.75) is 65.1 Å². The zero-order valence-electron chi connectivity index (χ0n) is 13.4. The van der Waals surface area contributed by atoms with Crippen LogP contribution in [0.25, 0.3) is 0 Å². The first-order chi connectivity index (χ1) is 8.88. The standard InChI is InChI=1S/C12H26N6O2.ClH/c1-7(19)15-9(13)11(3,4)17-18-12(5,6)10(14)16-8(2)20;/h7-8,19-20H,1-6H3,(H2,13,15)(H2,14,16);1H/b18-17+;. The molecule has 8 nitrogen and oxygen atoms in total. The van der Waals surface area contributed by atoms with Crippen LogP contribution in [-0.4, -0.2) is 45.4 Å². The molecule has 0 bridgehead atoms. The highest BCUT2D eigenvalue weighted by atomic mass is 35.5. The molecule has 0 fully saturated rings. The van der Waals surface area contributed by atoms with Gasteiger partial charge in [0.2, 0.25) is 0 Å². The fraction of sp³-hybridized carbons (Fsp3) is 0.833. The van der Waals surface area contributed by atoms with Gasteiger partial charge in [0, 0.05) is 0 Å². The third-order valence-corrected chi connectivity index (χ3v) is 2.48. The Morgan fingerprint density at radius 3 is 1.29 bits per heavy atom. The van der Waals surface area contributed by atoms with Gasteiger partial charge in [-0.1, -0.05) is 0 Å². The number of aliphatic hydroxyl groups is 2. The Balaban J connectivity index is 0. The predicted octanol–water partition coefficient (Wildman–Crippen LogP) is 1.23. The maximum absolute atomic E-state index is 9.21. The van der Waals surface area contributed by atoms with Gasteiger partial charge in [0.15, 0.2) is 0 Å². The van der Waals surface area contributed by atoms with E-state index >= 15 is 0 Å². The number of hydrogen-bond donors (Lipinski definition) is 6. The monoisotopic (exact) mass is 322 g/mol. The first-order valence-corrected chi connectivity index (χ1v) is 6.40. The molecule has 0 aromatic carbocycles. The lowest BCUT2D eigenvalue weighted by Gasteiger charge is -2.26. The average molecular weight is 323 g/mol. The van der Waals surface area contributed by atoms with Gasteiger partial charge in [-0.3, -0.25) is 10.8 Å². The van der Waals surface area contributed by atoms with Gasteiger partial charge in [-0.05, 0) is 41.5 Å². The number of nitrogens with one attached hydrogen (secondary N) is 4. The summed E-state index contributed by atoms with van der Waals surface area (Å²) in [5.74, 6) is 0.0594. The van der Waals surface area contributed by atoms with Crippen molar-refractivity contribution < 1.29 is 10.2 Å². The largest absolute Gasteiger partial charge is 0.374 e. The van der Waals surface area contributed by atoms with E-state index in [2.05, 4.69) is 20.9 Å². The van der Waals surface area contributed by atoms with Crippen molar-refractivity contribution in [2.24, 2.45) is 10.2 Å². The number of nitrogens with zero attached hydrogens (tertiary/aromatic N) is 2. The van der Waals surface area contributed by atoms with Gasteiger partial charge in [-0.15, -0.1) is 12.4 Å². The van der Waals surface area contributed by atoms with Crippen LogP contribution in [0.2, 0.25) is 0 Å². The molecule has 0 saturated carbocycles. The second-order valence-electron chi connectivity index (χ2n) is 5.71. The van der Waals surface area contributed by atoms with Crippen molar-refractivity contribution in [3.05, 3.63) is 0 Å². The maximum Gasteiger partial charge on any atom is 0.132 e. The number of amidine groups is 2. The van der Waals surface area contributed by atoms with Crippen molar-refractivity contribution in [2.75, 3.05) is 0 Å². The molecule has 21 heavy (non-hydrogen) atoms. The number of hydrogen-bond acceptors (Lipinski definition) is 6. The van der Waals surface area contributed by atoms with Crippen LogP contribution in [0.3, 0.4) is 0 Å². The number of rotatable bonds is 6. The molecule has 6 N–H and O–H groups in total. The molecule has 0 heterocycles. The molecule has 0 saturated heterocycles. The Kier molecular flexibility index (Phi) is 8.66. The van der Waals surface area contributed by atoms with E-state index in [0.29, 0.717) is 0 Å². The summed E-state index contributed by atoms with van der Waals surface area (Å²) in [5, 5.41) is 47.3. The number of halogens is 1. The topological polar surface area (TPSA) is 137 Å². The molecule has 0 amide bonds. The summed E-state index contributed by atoms with van der Waals surface area (Å²) in [5.41, 5.74) is -1.89. The third-order valence-electron chi connectivity index (χ3n) is 2.48. The van der Waals surface area contributed by atoms with Crippen LogP contribution in [0.5, 0.6) is 0 Å². The fourth-order valence-corrected chi connectivity index (χ4v) is 1.12. The SMILES string of the molecule is CC(O)NC(=N)C(C)(C)/N=N/C(C)(C)C(=N)NC(C)O.Cl. The van der Waals surface area contributed by atoms with Gasteiger partial charge >= 0.3 is 0 Å². The van der Waals surface area contributed by atoms with E-state index < -0.39 is 23.5 Å². The molecule has 9 heteroatoms. The Bertz CT molecular complexity index is 357. The highest BCUT2D eigenvalue weighted by Gasteiger charge is 2.29. The van der Waals surface area contributed by atoms with Gasteiger partial charge in [0.05, 0.1) is 0 Å². The molecule has 0 aromatic rings. The fourth-order valence-electron chi connectivity index (χ4n) is 1.12. The Hall–Kier alpha value is -1.25. The van der Waals surface area contributed by atoms with Gasteiger partial charge < -0.3 is 20.8 Å². The van der Waals surface area contributed by atoms with Crippen LogP contribution in [0.1, 0.15) is 41.5 Å². The quantitative estimate of drug-likeness (QED) is 0.189. The summed E-state index contributed by atoms with van der Waals surface area (Å²) in [6, 6.07) is 0. The van der Waals surface area contributed by atoms with Crippen molar-refractivity contribution in [1.29, 1.82) is 10.8 Å². The van der Waals surface area contributed by atoms with E-state index in [9.17, 15) is 10.2 Å². The molecule has 0 radical (unpaired) electrons. The Morgan fingerprint density at radius 2 is 1.10 bits per heavy atom. The third kappa shape index (κ3) is 7.93. The van der Waals surface area contributed by atoms with Crippen LogP contribution in [-0.2, 0) is 0 Å². The maximum atomic E-state index is 9.21. The van der Waals surface area contributed by atoms with E-state index in [4.69, 9.17) is 10.8 Å². The summed E-state index contributed by atoms with van der Waals surface area (Å²) in [6.07, 6.45) is -1.69. The van der Waals surface area contributed by atoms with Crippen LogP contribution in [0.15, 0.2) is 10.2 Å². The first kappa shape index (κ1) is 22.0. The molecular formula is C12H27ClN6O2. The normalized spacial score (nSPS) is 15.0. The van der Waals surface area contributed by atoms with Gasteiger partial charge in [0.1, 0.15) is 35.2 Å². The van der Waals surface area contributed by atoms with Crippen molar-refractivity contribution in [1.82, 2.24) is 10.6 Å².